The Hall–Kier alpha value is 0.180. The van der Waals surface area contributed by atoms with Crippen molar-refractivity contribution in [1.82, 2.24) is 0 Å². The summed E-state index contributed by atoms with van der Waals surface area (Å²) in [6.45, 7) is 4.53. The van der Waals surface area contributed by atoms with E-state index in [-0.39, 0.29) is 0 Å². The maximum atomic E-state index is 2.35. The molecular weight excluding hydrogens is 232 g/mol. The van der Waals surface area contributed by atoms with E-state index in [9.17, 15) is 0 Å². The normalized spacial score (nSPS) is 15.9. The summed E-state index contributed by atoms with van der Waals surface area (Å²) in [5.41, 5.74) is 0. The minimum absolute atomic E-state index is 1.28. The Morgan fingerprint density at radius 1 is 0.750 bits per heavy atom. The average molecular weight is 256 g/mol. The Labute approximate surface area is 109 Å². The molecule has 1 aliphatic rings. The molecule has 0 radical (unpaired) electrons. The molecule has 0 nitrogen and oxygen atoms in total. The highest BCUT2D eigenvalue weighted by molar-refractivity contribution is 8.79. The van der Waals surface area contributed by atoms with Crippen molar-refractivity contribution in [3.8, 4) is 0 Å². The predicted molar refractivity (Wildman–Crippen MR) is 79.6 cm³/mol. The van der Waals surface area contributed by atoms with Crippen LogP contribution in [0.5, 0.6) is 0 Å². The van der Waals surface area contributed by atoms with E-state index in [1.807, 2.05) is 21.6 Å². The SMILES string of the molecule is CCCCCC1=CC=C(CCCCC)SS1. The maximum absolute atomic E-state index is 2.35. The Bertz CT molecular complexity index is 215. The number of rotatable bonds is 8. The molecule has 1 heterocycles. The van der Waals surface area contributed by atoms with Crippen LogP contribution in [0.4, 0.5) is 0 Å². The van der Waals surface area contributed by atoms with Gasteiger partial charge < -0.3 is 0 Å². The summed E-state index contributed by atoms with van der Waals surface area (Å²) in [6.07, 6.45) is 15.4. The molecule has 1 aliphatic heterocycles. The topological polar surface area (TPSA) is 0 Å². The third-order valence-corrected chi connectivity index (χ3v) is 5.49. The molecular formula is C14H24S2. The molecule has 16 heavy (non-hydrogen) atoms. The molecule has 0 bridgehead atoms. The Balaban J connectivity index is 2.21. The van der Waals surface area contributed by atoms with Crippen molar-refractivity contribution in [2.24, 2.45) is 0 Å². The molecule has 0 saturated heterocycles. The second-order valence-corrected chi connectivity index (χ2v) is 6.73. The van der Waals surface area contributed by atoms with Gasteiger partial charge in [-0.2, -0.15) is 0 Å². The van der Waals surface area contributed by atoms with E-state index in [4.69, 9.17) is 0 Å². The van der Waals surface area contributed by atoms with Crippen LogP contribution in [-0.4, -0.2) is 0 Å². The van der Waals surface area contributed by atoms with E-state index >= 15 is 0 Å². The van der Waals surface area contributed by atoms with Gasteiger partial charge in [0.1, 0.15) is 0 Å². The van der Waals surface area contributed by atoms with Gasteiger partial charge in [0.2, 0.25) is 0 Å². The van der Waals surface area contributed by atoms with Crippen LogP contribution < -0.4 is 0 Å². The standard InChI is InChI=1S/C14H24S2/c1-3-5-7-9-13-11-12-14(16-15-13)10-8-6-4-2/h11-12H,3-10H2,1-2H3. The van der Waals surface area contributed by atoms with Crippen molar-refractivity contribution in [2.75, 3.05) is 0 Å². The van der Waals surface area contributed by atoms with Crippen molar-refractivity contribution in [3.63, 3.8) is 0 Å². The smallest absolute Gasteiger partial charge is 0.00383 e. The summed E-state index contributed by atoms with van der Waals surface area (Å²) in [4.78, 5) is 3.13. The van der Waals surface area contributed by atoms with Gasteiger partial charge >= 0.3 is 0 Å². The molecule has 0 aromatic heterocycles. The number of allylic oxidation sites excluding steroid dienone is 4. The van der Waals surface area contributed by atoms with Gasteiger partial charge in [-0.25, -0.2) is 0 Å². The zero-order chi connectivity index (χ0) is 11.6. The fraction of sp³-hybridized carbons (Fsp3) is 0.714. The van der Waals surface area contributed by atoms with Gasteiger partial charge in [0.25, 0.3) is 0 Å². The zero-order valence-electron chi connectivity index (χ0n) is 10.6. The highest BCUT2D eigenvalue weighted by Gasteiger charge is 2.07. The van der Waals surface area contributed by atoms with Crippen LogP contribution in [0, 0.1) is 0 Å². The van der Waals surface area contributed by atoms with Crippen molar-refractivity contribution in [2.45, 2.75) is 65.2 Å². The van der Waals surface area contributed by atoms with Crippen molar-refractivity contribution < 1.29 is 0 Å². The Kier molecular flexibility index (Phi) is 8.22. The third kappa shape index (κ3) is 6.05. The number of hydrogen-bond acceptors (Lipinski definition) is 2. The van der Waals surface area contributed by atoms with Gasteiger partial charge in [0.05, 0.1) is 0 Å². The summed E-state index contributed by atoms with van der Waals surface area (Å²) >= 11 is 0. The summed E-state index contributed by atoms with van der Waals surface area (Å²) in [5.74, 6) is 0. The lowest BCUT2D eigenvalue weighted by atomic mass is 10.2. The first-order valence-electron chi connectivity index (χ1n) is 6.61. The lowest BCUT2D eigenvalue weighted by molar-refractivity contribution is 0.723. The van der Waals surface area contributed by atoms with Crippen LogP contribution in [0.2, 0.25) is 0 Å². The van der Waals surface area contributed by atoms with E-state index in [1.165, 1.54) is 51.4 Å². The molecule has 1 rings (SSSR count). The first-order valence-corrected chi connectivity index (χ1v) is 8.76. The molecule has 2 heteroatoms. The third-order valence-electron chi connectivity index (χ3n) is 2.76. The van der Waals surface area contributed by atoms with Crippen LogP contribution in [0.1, 0.15) is 65.2 Å². The van der Waals surface area contributed by atoms with Crippen LogP contribution in [-0.2, 0) is 0 Å². The van der Waals surface area contributed by atoms with Crippen molar-refractivity contribution >= 4 is 21.6 Å². The number of hydrogen-bond donors (Lipinski definition) is 0. The summed E-state index contributed by atoms with van der Waals surface area (Å²) in [7, 11) is 3.98. The highest BCUT2D eigenvalue weighted by Crippen LogP contribution is 2.43. The van der Waals surface area contributed by atoms with Gasteiger partial charge in [0.15, 0.2) is 0 Å². The molecule has 0 aromatic carbocycles. The minimum Gasteiger partial charge on any atom is -0.0654 e. The molecule has 0 aliphatic carbocycles. The molecule has 0 saturated carbocycles. The van der Waals surface area contributed by atoms with E-state index in [0.717, 1.165) is 0 Å². The van der Waals surface area contributed by atoms with Gasteiger partial charge in [-0.1, -0.05) is 73.3 Å². The summed E-state index contributed by atoms with van der Waals surface area (Å²) < 4.78 is 0. The lowest BCUT2D eigenvalue weighted by Gasteiger charge is -2.13. The van der Waals surface area contributed by atoms with Crippen LogP contribution in [0.15, 0.2) is 22.0 Å². The van der Waals surface area contributed by atoms with Crippen LogP contribution in [0.3, 0.4) is 0 Å². The first kappa shape index (κ1) is 14.2. The molecule has 0 fully saturated rings. The average Bonchev–Trinajstić information content (AvgIpc) is 2.32. The number of unbranched alkanes of at least 4 members (excludes halogenated alkanes) is 4. The first-order chi connectivity index (χ1) is 7.86. The lowest BCUT2D eigenvalue weighted by Crippen LogP contribution is -1.85. The fourth-order valence-corrected chi connectivity index (χ4v) is 4.09. The maximum Gasteiger partial charge on any atom is -0.00383 e. The molecule has 0 N–H and O–H groups in total. The van der Waals surface area contributed by atoms with Crippen molar-refractivity contribution in [1.29, 1.82) is 0 Å². The second kappa shape index (κ2) is 9.23. The molecule has 0 unspecified atom stereocenters. The van der Waals surface area contributed by atoms with Crippen LogP contribution >= 0.6 is 21.6 Å². The Morgan fingerprint density at radius 3 is 1.50 bits per heavy atom. The van der Waals surface area contributed by atoms with Crippen LogP contribution in [0.25, 0.3) is 0 Å². The van der Waals surface area contributed by atoms with Gasteiger partial charge in [-0.15, -0.1) is 0 Å². The van der Waals surface area contributed by atoms with Crippen molar-refractivity contribution in [3.05, 3.63) is 22.0 Å². The Morgan fingerprint density at radius 2 is 1.19 bits per heavy atom. The summed E-state index contributed by atoms with van der Waals surface area (Å²) in [6, 6.07) is 0. The van der Waals surface area contributed by atoms with E-state index in [1.54, 1.807) is 9.81 Å². The van der Waals surface area contributed by atoms with E-state index in [0.29, 0.717) is 0 Å². The monoisotopic (exact) mass is 256 g/mol. The van der Waals surface area contributed by atoms with Gasteiger partial charge in [-0.3, -0.25) is 0 Å². The molecule has 92 valence electrons. The quantitative estimate of drug-likeness (QED) is 0.368. The fourth-order valence-electron chi connectivity index (χ4n) is 1.70. The van der Waals surface area contributed by atoms with E-state index < -0.39 is 0 Å². The van der Waals surface area contributed by atoms with Gasteiger partial charge in [-0.05, 0) is 35.5 Å². The molecule has 0 spiro atoms. The molecule has 0 atom stereocenters. The molecule has 0 amide bonds. The predicted octanol–water partition coefficient (Wildman–Crippen LogP) is 6.31. The minimum atomic E-state index is 1.28. The molecule has 0 aromatic rings. The second-order valence-electron chi connectivity index (χ2n) is 4.35. The highest BCUT2D eigenvalue weighted by atomic mass is 33.1. The van der Waals surface area contributed by atoms with Gasteiger partial charge in [0, 0.05) is 0 Å². The largest absolute Gasteiger partial charge is 0.0654 e. The van der Waals surface area contributed by atoms with E-state index in [2.05, 4.69) is 26.0 Å². The summed E-state index contributed by atoms with van der Waals surface area (Å²) in [5, 5.41) is 0. The zero-order valence-corrected chi connectivity index (χ0v) is 12.3.